The molecule has 1 aliphatic rings. The summed E-state index contributed by atoms with van der Waals surface area (Å²) in [6, 6.07) is 7.69. The van der Waals surface area contributed by atoms with Crippen molar-refractivity contribution in [1.29, 1.82) is 0 Å². The van der Waals surface area contributed by atoms with Gasteiger partial charge in [0.2, 0.25) is 0 Å². The summed E-state index contributed by atoms with van der Waals surface area (Å²) in [5.41, 5.74) is 0.829. The Kier molecular flexibility index (Phi) is 4.89. The highest BCUT2D eigenvalue weighted by atomic mass is 17.0. The van der Waals surface area contributed by atoms with Crippen LogP contribution in [0.15, 0.2) is 42.5 Å². The predicted molar refractivity (Wildman–Crippen MR) is 88.1 cm³/mol. The molecule has 0 spiro atoms. The predicted octanol–water partition coefficient (Wildman–Crippen LogP) is 2.37. The second kappa shape index (κ2) is 7.45. The van der Waals surface area contributed by atoms with Crippen LogP contribution in [0.4, 0.5) is 0 Å². The van der Waals surface area contributed by atoms with Gasteiger partial charge in [-0.2, -0.15) is 0 Å². The van der Waals surface area contributed by atoms with Gasteiger partial charge in [-0.1, -0.05) is 0 Å². The van der Waals surface area contributed by atoms with Gasteiger partial charge in [0.1, 0.15) is 28.8 Å². The Balaban J connectivity index is 1.90. The van der Waals surface area contributed by atoms with Crippen LogP contribution < -0.4 is 19.2 Å². The molecule has 0 saturated carbocycles. The van der Waals surface area contributed by atoms with Crippen LogP contribution in [0.5, 0.6) is 23.0 Å². The summed E-state index contributed by atoms with van der Waals surface area (Å²) in [6.07, 6.45) is 1.88. The maximum Gasteiger partial charge on any atom is 0.299 e. The van der Waals surface area contributed by atoms with Gasteiger partial charge in [-0.15, -0.1) is 30.3 Å². The minimum atomic E-state index is -1.07. The van der Waals surface area contributed by atoms with E-state index in [1.165, 1.54) is 30.3 Å². The van der Waals surface area contributed by atoms with Crippen LogP contribution in [0.2, 0.25) is 0 Å². The molecule has 2 aromatic rings. The van der Waals surface area contributed by atoms with Crippen LogP contribution in [0.1, 0.15) is 11.1 Å². The normalized spacial score (nSPS) is 12.1. The van der Waals surface area contributed by atoms with E-state index in [0.717, 1.165) is 6.07 Å². The van der Waals surface area contributed by atoms with Crippen molar-refractivity contribution in [2.75, 3.05) is 0 Å². The van der Waals surface area contributed by atoms with E-state index in [-0.39, 0.29) is 28.6 Å². The molecule has 0 N–H and O–H groups in total. The minimum absolute atomic E-state index is 0.0206. The average Bonchev–Trinajstić information content (AvgIpc) is 2.59. The first-order valence-corrected chi connectivity index (χ1v) is 7.43. The molecule has 0 unspecified atom stereocenters. The van der Waals surface area contributed by atoms with Crippen molar-refractivity contribution in [3.05, 3.63) is 83.9 Å². The SMILES string of the molecule is O=[N+]([O-])Oc1cc(O[N+](=O)[O-])cc(C2=CCc3cc(O[N+](=O)[O-])ccc3O2)c1. The summed E-state index contributed by atoms with van der Waals surface area (Å²) in [6.45, 7) is 0. The van der Waals surface area contributed by atoms with E-state index in [1.54, 1.807) is 6.08 Å². The molecule has 0 fully saturated rings. The monoisotopic (exact) mass is 391 g/mol. The number of hydrogen-bond acceptors (Lipinski definition) is 10. The molecule has 1 heterocycles. The lowest BCUT2D eigenvalue weighted by Gasteiger charge is -2.19. The summed E-state index contributed by atoms with van der Waals surface area (Å²) in [7, 11) is 0. The van der Waals surface area contributed by atoms with E-state index in [0.29, 0.717) is 17.7 Å². The zero-order chi connectivity index (χ0) is 20.3. The molecule has 1 aliphatic heterocycles. The highest BCUT2D eigenvalue weighted by Gasteiger charge is 2.18. The molecule has 2 aromatic carbocycles. The topological polar surface area (TPSA) is 166 Å². The standard InChI is InChI=1S/C15H9N3O10/c19-16(20)26-11-2-4-14-9(5-11)1-3-15(25-14)10-6-12(27-17(21)22)8-13(7-10)28-18(23)24/h2-8H,1H2. The summed E-state index contributed by atoms with van der Waals surface area (Å²) in [4.78, 5) is 44.6. The molecule has 144 valence electrons. The molecule has 0 bridgehead atoms. The van der Waals surface area contributed by atoms with Crippen LogP contribution >= 0.6 is 0 Å². The maximum absolute atomic E-state index is 10.6. The highest BCUT2D eigenvalue weighted by Crippen LogP contribution is 2.35. The Hall–Kier alpha value is -4.42. The van der Waals surface area contributed by atoms with Crippen molar-refractivity contribution in [1.82, 2.24) is 0 Å². The maximum atomic E-state index is 10.6. The fourth-order valence-electron chi connectivity index (χ4n) is 2.49. The average molecular weight is 391 g/mol. The number of benzene rings is 2. The van der Waals surface area contributed by atoms with Gasteiger partial charge in [-0.3, -0.25) is 14.5 Å². The van der Waals surface area contributed by atoms with Gasteiger partial charge in [-0.25, -0.2) is 0 Å². The third-order valence-electron chi connectivity index (χ3n) is 3.46. The molecule has 0 radical (unpaired) electrons. The molecule has 3 rings (SSSR count). The first kappa shape index (κ1) is 18.4. The van der Waals surface area contributed by atoms with Crippen LogP contribution in [-0.2, 0) is 6.42 Å². The van der Waals surface area contributed by atoms with Crippen molar-refractivity contribution in [3.63, 3.8) is 0 Å². The molecule has 0 amide bonds. The van der Waals surface area contributed by atoms with Crippen molar-refractivity contribution < 1.29 is 34.5 Å². The second-order valence-corrected chi connectivity index (χ2v) is 5.28. The fraction of sp³-hybridized carbons (Fsp3) is 0.0667. The molecule has 0 saturated heterocycles. The van der Waals surface area contributed by atoms with Gasteiger partial charge < -0.3 is 4.74 Å². The number of hydrogen-bond donors (Lipinski definition) is 0. The highest BCUT2D eigenvalue weighted by molar-refractivity contribution is 5.68. The van der Waals surface area contributed by atoms with E-state index < -0.39 is 15.3 Å². The molecule has 13 heteroatoms. The summed E-state index contributed by atoms with van der Waals surface area (Å²) in [5.74, 6) is 0.0176. The van der Waals surface area contributed by atoms with Gasteiger partial charge in [0, 0.05) is 11.1 Å². The van der Waals surface area contributed by atoms with E-state index >= 15 is 0 Å². The first-order valence-electron chi connectivity index (χ1n) is 7.43. The van der Waals surface area contributed by atoms with E-state index in [1.807, 2.05) is 0 Å². The molecular formula is C15H9N3O10. The van der Waals surface area contributed by atoms with Crippen LogP contribution in [-0.4, -0.2) is 15.3 Å². The molecule has 28 heavy (non-hydrogen) atoms. The fourth-order valence-corrected chi connectivity index (χ4v) is 2.49. The van der Waals surface area contributed by atoms with Crippen LogP contribution in [0, 0.1) is 30.3 Å². The Morgan fingerprint density at radius 1 is 0.786 bits per heavy atom. The van der Waals surface area contributed by atoms with E-state index in [9.17, 15) is 30.3 Å². The van der Waals surface area contributed by atoms with Crippen molar-refractivity contribution in [3.8, 4) is 23.0 Å². The Morgan fingerprint density at radius 3 is 1.93 bits per heavy atom. The number of allylic oxidation sites excluding steroid dienone is 1. The number of fused-ring (bicyclic) bond motifs is 1. The lowest BCUT2D eigenvalue weighted by Crippen LogP contribution is -2.09. The Labute approximate surface area is 154 Å². The van der Waals surface area contributed by atoms with Crippen molar-refractivity contribution in [2.45, 2.75) is 6.42 Å². The largest absolute Gasteiger partial charge is 0.457 e. The van der Waals surface area contributed by atoms with Gasteiger partial charge in [0.15, 0.2) is 0 Å². The summed E-state index contributed by atoms with van der Waals surface area (Å²) in [5, 5.41) is 28.5. The second-order valence-electron chi connectivity index (χ2n) is 5.28. The first-order chi connectivity index (χ1) is 13.3. The Bertz CT molecular complexity index is 969. The molecular weight excluding hydrogens is 382 g/mol. The molecule has 0 aromatic heterocycles. The smallest absolute Gasteiger partial charge is 0.299 e. The van der Waals surface area contributed by atoms with E-state index in [4.69, 9.17) is 4.74 Å². The number of rotatable bonds is 7. The third kappa shape index (κ3) is 4.40. The number of ether oxygens (including phenoxy) is 1. The summed E-state index contributed by atoms with van der Waals surface area (Å²) >= 11 is 0. The lowest BCUT2D eigenvalue weighted by molar-refractivity contribution is -0.713. The van der Waals surface area contributed by atoms with Crippen molar-refractivity contribution >= 4 is 5.76 Å². The van der Waals surface area contributed by atoms with Crippen molar-refractivity contribution in [2.24, 2.45) is 0 Å². The molecule has 0 atom stereocenters. The minimum Gasteiger partial charge on any atom is -0.457 e. The number of nitrogens with zero attached hydrogens (tertiary/aromatic N) is 3. The van der Waals surface area contributed by atoms with E-state index in [2.05, 4.69) is 14.5 Å². The van der Waals surface area contributed by atoms with Gasteiger partial charge in [-0.05, 0) is 48.9 Å². The third-order valence-corrected chi connectivity index (χ3v) is 3.46. The zero-order valence-corrected chi connectivity index (χ0v) is 13.7. The quantitative estimate of drug-likeness (QED) is 0.505. The van der Waals surface area contributed by atoms with Gasteiger partial charge in [0.25, 0.3) is 15.3 Å². The van der Waals surface area contributed by atoms with Gasteiger partial charge in [0.05, 0.1) is 0 Å². The summed E-state index contributed by atoms with van der Waals surface area (Å²) < 4.78 is 5.68. The molecule has 13 nitrogen and oxygen atoms in total. The van der Waals surface area contributed by atoms with Crippen LogP contribution in [0.25, 0.3) is 5.76 Å². The molecule has 0 aliphatic carbocycles. The van der Waals surface area contributed by atoms with Crippen LogP contribution in [0.3, 0.4) is 0 Å². The zero-order valence-electron chi connectivity index (χ0n) is 13.7. The van der Waals surface area contributed by atoms with Gasteiger partial charge >= 0.3 is 0 Å². The lowest BCUT2D eigenvalue weighted by atomic mass is 10.0. The Morgan fingerprint density at radius 2 is 1.36 bits per heavy atom.